The largest absolute Gasteiger partial charge is 0.465 e. The molecule has 3 heterocycles. The summed E-state index contributed by atoms with van der Waals surface area (Å²) in [5, 5.41) is 3.82. The van der Waals surface area contributed by atoms with E-state index in [1.54, 1.807) is 36.5 Å². The minimum Gasteiger partial charge on any atom is -0.465 e. The quantitative estimate of drug-likeness (QED) is 0.285. The molecule has 5 rings (SSSR count). The van der Waals surface area contributed by atoms with Crippen LogP contribution in [0.25, 0.3) is 5.69 Å². The van der Waals surface area contributed by atoms with Crippen LogP contribution >= 0.6 is 12.2 Å². The SMILES string of the molecule is COC(=O)c1ccc(-n2c(C)cc(C3C(c4ccccn4)NC(=S)N3c3ccccc3F)c2C)cc1. The van der Waals surface area contributed by atoms with Crippen molar-refractivity contribution in [2.45, 2.75) is 25.9 Å². The Kier molecular flexibility index (Phi) is 6.28. The minimum atomic E-state index is -0.382. The van der Waals surface area contributed by atoms with Crippen LogP contribution in [0.5, 0.6) is 0 Å². The number of nitrogens with one attached hydrogen (secondary N) is 1. The summed E-state index contributed by atoms with van der Waals surface area (Å²) in [7, 11) is 1.36. The fraction of sp³-hybridized carbons (Fsp3) is 0.179. The molecule has 6 nitrogen and oxygen atoms in total. The topological polar surface area (TPSA) is 59.4 Å². The van der Waals surface area contributed by atoms with Crippen molar-refractivity contribution >= 4 is 29.0 Å². The molecule has 0 saturated carbocycles. The monoisotopic (exact) mass is 500 g/mol. The number of aryl methyl sites for hydroxylation is 1. The standard InChI is InChI=1S/C28H25FN4O2S/c1-17-16-21(18(2)32(17)20-13-11-19(12-14-20)27(34)35-3)26-25(23-9-6-7-15-30-23)31-28(36)33(26)24-10-5-4-8-22(24)29/h4-16,25-26H,1-3H3,(H,31,36). The van der Waals surface area contributed by atoms with Crippen LogP contribution < -0.4 is 10.2 Å². The molecule has 2 aromatic heterocycles. The van der Waals surface area contributed by atoms with Crippen molar-refractivity contribution in [2.75, 3.05) is 12.0 Å². The molecule has 0 spiro atoms. The number of hydrogen-bond acceptors (Lipinski definition) is 4. The van der Waals surface area contributed by atoms with Crippen molar-refractivity contribution < 1.29 is 13.9 Å². The van der Waals surface area contributed by atoms with Gasteiger partial charge in [0.05, 0.1) is 36.1 Å². The van der Waals surface area contributed by atoms with Gasteiger partial charge >= 0.3 is 5.97 Å². The molecule has 182 valence electrons. The van der Waals surface area contributed by atoms with Gasteiger partial charge in [-0.2, -0.15) is 0 Å². The second-order valence-electron chi connectivity index (χ2n) is 8.65. The highest BCUT2D eigenvalue weighted by Crippen LogP contribution is 2.44. The molecule has 0 amide bonds. The summed E-state index contributed by atoms with van der Waals surface area (Å²) in [6.07, 6.45) is 1.75. The molecule has 0 radical (unpaired) electrons. The van der Waals surface area contributed by atoms with Crippen LogP contribution in [0.1, 0.15) is 45.1 Å². The number of thiocarbonyl (C=S) groups is 1. The number of pyridine rings is 1. The number of rotatable bonds is 5. The second-order valence-corrected chi connectivity index (χ2v) is 9.04. The van der Waals surface area contributed by atoms with Crippen LogP contribution in [0.15, 0.2) is 79.0 Å². The first kappa shape index (κ1) is 23.7. The summed E-state index contributed by atoms with van der Waals surface area (Å²) >= 11 is 5.73. The van der Waals surface area contributed by atoms with Gasteiger partial charge < -0.3 is 19.5 Å². The maximum absolute atomic E-state index is 15.0. The lowest BCUT2D eigenvalue weighted by Gasteiger charge is -2.28. The van der Waals surface area contributed by atoms with Crippen molar-refractivity contribution in [2.24, 2.45) is 0 Å². The molecule has 0 bridgehead atoms. The summed E-state index contributed by atoms with van der Waals surface area (Å²) in [5.41, 5.74) is 5.59. The molecule has 1 N–H and O–H groups in total. The van der Waals surface area contributed by atoms with E-state index in [2.05, 4.69) is 20.9 Å². The maximum atomic E-state index is 15.0. The Morgan fingerprint density at radius 1 is 1.06 bits per heavy atom. The lowest BCUT2D eigenvalue weighted by Crippen LogP contribution is -2.30. The van der Waals surface area contributed by atoms with E-state index < -0.39 is 0 Å². The molecule has 0 aliphatic carbocycles. The molecule has 1 aliphatic heterocycles. The van der Waals surface area contributed by atoms with Crippen molar-refractivity contribution in [3.63, 3.8) is 0 Å². The molecule has 8 heteroatoms. The van der Waals surface area contributed by atoms with E-state index in [-0.39, 0.29) is 23.9 Å². The van der Waals surface area contributed by atoms with Crippen LogP contribution in [0, 0.1) is 19.7 Å². The van der Waals surface area contributed by atoms with Crippen LogP contribution in [0.3, 0.4) is 0 Å². The Morgan fingerprint density at radius 3 is 2.44 bits per heavy atom. The van der Waals surface area contributed by atoms with Crippen LogP contribution in [0.4, 0.5) is 10.1 Å². The zero-order valence-electron chi connectivity index (χ0n) is 20.1. The highest BCUT2D eigenvalue weighted by Gasteiger charge is 2.43. The summed E-state index contributed by atoms with van der Waals surface area (Å²) < 4.78 is 22.0. The number of para-hydroxylation sites is 1. The lowest BCUT2D eigenvalue weighted by atomic mass is 9.96. The summed E-state index contributed by atoms with van der Waals surface area (Å²) in [6, 6.07) is 21.1. The van der Waals surface area contributed by atoms with Crippen LogP contribution in [0.2, 0.25) is 0 Å². The van der Waals surface area contributed by atoms with Crippen molar-refractivity contribution in [1.82, 2.24) is 14.9 Å². The zero-order chi connectivity index (χ0) is 25.4. The van der Waals surface area contributed by atoms with Gasteiger partial charge in [0.1, 0.15) is 5.82 Å². The number of halogens is 1. The van der Waals surface area contributed by atoms with Gasteiger partial charge in [-0.1, -0.05) is 18.2 Å². The van der Waals surface area contributed by atoms with Crippen LogP contribution in [-0.2, 0) is 4.74 Å². The Bertz CT molecular complexity index is 1440. The van der Waals surface area contributed by atoms with E-state index in [1.807, 2.05) is 49.1 Å². The van der Waals surface area contributed by atoms with Gasteiger partial charge in [-0.3, -0.25) is 4.98 Å². The highest BCUT2D eigenvalue weighted by molar-refractivity contribution is 7.80. The third-order valence-corrected chi connectivity index (χ3v) is 6.86. The van der Waals surface area contributed by atoms with E-state index in [1.165, 1.54) is 13.2 Å². The normalized spacial score (nSPS) is 17.2. The van der Waals surface area contributed by atoms with Gasteiger partial charge in [-0.05, 0) is 86.2 Å². The van der Waals surface area contributed by atoms with Crippen molar-refractivity contribution in [3.8, 4) is 5.69 Å². The molecule has 36 heavy (non-hydrogen) atoms. The molecular weight excluding hydrogens is 475 g/mol. The number of benzene rings is 2. The first-order valence-corrected chi connectivity index (χ1v) is 11.9. The summed E-state index contributed by atoms with van der Waals surface area (Å²) in [6.45, 7) is 4.06. The average molecular weight is 501 g/mol. The number of methoxy groups -OCH3 is 1. The maximum Gasteiger partial charge on any atom is 0.337 e. The highest BCUT2D eigenvalue weighted by atomic mass is 32.1. The predicted octanol–water partition coefficient (Wildman–Crippen LogP) is 5.59. The van der Waals surface area contributed by atoms with Gasteiger partial charge in [-0.15, -0.1) is 0 Å². The molecular formula is C28H25FN4O2S. The molecule has 2 aromatic carbocycles. The van der Waals surface area contributed by atoms with Gasteiger partial charge in [-0.25, -0.2) is 9.18 Å². The Hall–Kier alpha value is -4.04. The van der Waals surface area contributed by atoms with E-state index >= 15 is 4.39 Å². The molecule has 2 atom stereocenters. The number of ether oxygens (including phenoxy) is 1. The first-order chi connectivity index (χ1) is 17.4. The van der Waals surface area contributed by atoms with E-state index in [0.29, 0.717) is 16.4 Å². The zero-order valence-corrected chi connectivity index (χ0v) is 20.9. The number of hydrogen-bond donors (Lipinski definition) is 1. The number of anilines is 1. The van der Waals surface area contributed by atoms with Gasteiger partial charge in [0, 0.05) is 23.3 Å². The van der Waals surface area contributed by atoms with Gasteiger partial charge in [0.25, 0.3) is 0 Å². The number of carbonyl (C=O) groups is 1. The Balaban J connectivity index is 1.64. The molecule has 2 unspecified atom stereocenters. The second kappa shape index (κ2) is 9.54. The number of nitrogens with zero attached hydrogens (tertiary/aromatic N) is 3. The molecule has 1 saturated heterocycles. The number of esters is 1. The van der Waals surface area contributed by atoms with E-state index in [0.717, 1.165) is 28.3 Å². The third-order valence-electron chi connectivity index (χ3n) is 6.55. The van der Waals surface area contributed by atoms with Crippen LogP contribution in [-0.4, -0.2) is 27.7 Å². The van der Waals surface area contributed by atoms with Crippen molar-refractivity contribution in [1.29, 1.82) is 0 Å². The first-order valence-electron chi connectivity index (χ1n) is 11.5. The molecule has 4 aromatic rings. The lowest BCUT2D eigenvalue weighted by molar-refractivity contribution is 0.0600. The number of aromatic nitrogens is 2. The summed E-state index contributed by atoms with van der Waals surface area (Å²) in [4.78, 5) is 18.3. The van der Waals surface area contributed by atoms with Gasteiger partial charge in [0.2, 0.25) is 0 Å². The fourth-order valence-electron chi connectivity index (χ4n) is 4.93. The Morgan fingerprint density at radius 2 is 1.78 bits per heavy atom. The number of carbonyl (C=O) groups excluding carboxylic acids is 1. The average Bonchev–Trinajstić information content (AvgIpc) is 3.39. The predicted molar refractivity (Wildman–Crippen MR) is 141 cm³/mol. The smallest absolute Gasteiger partial charge is 0.337 e. The molecule has 1 aliphatic rings. The third kappa shape index (κ3) is 4.03. The summed E-state index contributed by atoms with van der Waals surface area (Å²) in [5.74, 6) is -0.729. The Labute approximate surface area is 214 Å². The van der Waals surface area contributed by atoms with Crippen molar-refractivity contribution in [3.05, 3.63) is 113 Å². The van der Waals surface area contributed by atoms with E-state index in [9.17, 15) is 4.79 Å². The molecule has 1 fully saturated rings. The van der Waals surface area contributed by atoms with E-state index in [4.69, 9.17) is 17.0 Å². The minimum absolute atomic E-state index is 0.283. The van der Waals surface area contributed by atoms with Gasteiger partial charge in [0.15, 0.2) is 5.11 Å². The fourth-order valence-corrected chi connectivity index (χ4v) is 5.27.